The first kappa shape index (κ1) is 11.7. The second-order valence-electron chi connectivity index (χ2n) is 5.41. The number of hydrogen-bond donors (Lipinski definition) is 1. The summed E-state index contributed by atoms with van der Waals surface area (Å²) in [6.07, 6.45) is 7.95. The largest absolute Gasteiger partial charge is 0.481 e. The molecule has 1 saturated heterocycles. The molecule has 2 aliphatic rings. The number of aromatic nitrogens is 2. The molecule has 1 aromatic rings. The SMILES string of the molecule is O=C(O)C1CCN(Cc2cncn2C2CC2)CC1. The Balaban J connectivity index is 1.57. The van der Waals surface area contributed by atoms with Crippen LogP contribution >= 0.6 is 0 Å². The summed E-state index contributed by atoms with van der Waals surface area (Å²) in [5, 5.41) is 8.97. The van der Waals surface area contributed by atoms with E-state index in [1.807, 2.05) is 12.5 Å². The van der Waals surface area contributed by atoms with Gasteiger partial charge in [0.15, 0.2) is 0 Å². The average Bonchev–Trinajstić information content (AvgIpc) is 3.11. The van der Waals surface area contributed by atoms with Crippen LogP contribution in [0.5, 0.6) is 0 Å². The smallest absolute Gasteiger partial charge is 0.306 e. The van der Waals surface area contributed by atoms with E-state index < -0.39 is 5.97 Å². The van der Waals surface area contributed by atoms with E-state index in [1.165, 1.54) is 18.5 Å². The third-order valence-corrected chi connectivity index (χ3v) is 4.01. The molecule has 0 spiro atoms. The highest BCUT2D eigenvalue weighted by molar-refractivity contribution is 5.70. The van der Waals surface area contributed by atoms with Gasteiger partial charge >= 0.3 is 5.97 Å². The number of nitrogens with zero attached hydrogens (tertiary/aromatic N) is 3. The van der Waals surface area contributed by atoms with Crippen molar-refractivity contribution in [3.63, 3.8) is 0 Å². The monoisotopic (exact) mass is 249 g/mol. The van der Waals surface area contributed by atoms with E-state index in [0.29, 0.717) is 6.04 Å². The van der Waals surface area contributed by atoms with Crippen molar-refractivity contribution in [3.8, 4) is 0 Å². The number of aliphatic carboxylic acids is 1. The number of carboxylic acids is 1. The van der Waals surface area contributed by atoms with Gasteiger partial charge in [-0.05, 0) is 38.8 Å². The second-order valence-corrected chi connectivity index (χ2v) is 5.41. The van der Waals surface area contributed by atoms with Crippen LogP contribution in [-0.2, 0) is 11.3 Å². The zero-order valence-electron chi connectivity index (χ0n) is 10.5. The van der Waals surface area contributed by atoms with Crippen molar-refractivity contribution in [2.45, 2.75) is 38.3 Å². The molecule has 0 radical (unpaired) electrons. The fourth-order valence-electron chi connectivity index (χ4n) is 2.70. The second kappa shape index (κ2) is 4.72. The van der Waals surface area contributed by atoms with Gasteiger partial charge in [-0.2, -0.15) is 0 Å². The van der Waals surface area contributed by atoms with Gasteiger partial charge in [0, 0.05) is 18.8 Å². The van der Waals surface area contributed by atoms with Crippen molar-refractivity contribution in [2.75, 3.05) is 13.1 Å². The molecule has 0 bridgehead atoms. The normalized spacial score (nSPS) is 22.2. The topological polar surface area (TPSA) is 58.4 Å². The molecule has 0 aromatic carbocycles. The average molecular weight is 249 g/mol. The van der Waals surface area contributed by atoms with E-state index in [4.69, 9.17) is 5.11 Å². The maximum atomic E-state index is 10.9. The van der Waals surface area contributed by atoms with Gasteiger partial charge in [0.1, 0.15) is 0 Å². The van der Waals surface area contributed by atoms with E-state index >= 15 is 0 Å². The van der Waals surface area contributed by atoms with Gasteiger partial charge in [-0.25, -0.2) is 4.98 Å². The van der Waals surface area contributed by atoms with Gasteiger partial charge in [0.2, 0.25) is 0 Å². The molecule has 0 unspecified atom stereocenters. The molecule has 1 aliphatic heterocycles. The van der Waals surface area contributed by atoms with Gasteiger partial charge in [0.05, 0.1) is 17.9 Å². The summed E-state index contributed by atoms with van der Waals surface area (Å²) in [7, 11) is 0. The summed E-state index contributed by atoms with van der Waals surface area (Å²) in [4.78, 5) is 17.5. The minimum absolute atomic E-state index is 0.144. The number of imidazole rings is 1. The predicted octanol–water partition coefficient (Wildman–Crippen LogP) is 1.51. The Kier molecular flexibility index (Phi) is 3.07. The Morgan fingerprint density at radius 1 is 1.33 bits per heavy atom. The molecule has 98 valence electrons. The van der Waals surface area contributed by atoms with Gasteiger partial charge in [0.25, 0.3) is 0 Å². The summed E-state index contributed by atoms with van der Waals surface area (Å²) < 4.78 is 2.28. The summed E-state index contributed by atoms with van der Waals surface area (Å²) in [5.41, 5.74) is 1.27. The van der Waals surface area contributed by atoms with Crippen molar-refractivity contribution in [2.24, 2.45) is 5.92 Å². The van der Waals surface area contributed by atoms with Gasteiger partial charge < -0.3 is 9.67 Å². The zero-order valence-corrected chi connectivity index (χ0v) is 10.5. The highest BCUT2D eigenvalue weighted by atomic mass is 16.4. The molecule has 18 heavy (non-hydrogen) atoms. The lowest BCUT2D eigenvalue weighted by Gasteiger charge is -2.30. The lowest BCUT2D eigenvalue weighted by atomic mass is 9.97. The molecule has 1 N–H and O–H groups in total. The first-order chi connectivity index (χ1) is 8.74. The van der Waals surface area contributed by atoms with E-state index in [0.717, 1.165) is 32.5 Å². The Hall–Kier alpha value is -1.36. The van der Waals surface area contributed by atoms with Crippen molar-refractivity contribution in [1.29, 1.82) is 0 Å². The van der Waals surface area contributed by atoms with Crippen molar-refractivity contribution in [3.05, 3.63) is 18.2 Å². The molecule has 5 heteroatoms. The molecule has 3 rings (SSSR count). The maximum absolute atomic E-state index is 10.9. The molecule has 0 atom stereocenters. The minimum atomic E-state index is -0.641. The number of likely N-dealkylation sites (tertiary alicyclic amines) is 1. The number of hydrogen-bond acceptors (Lipinski definition) is 3. The molecule has 0 amide bonds. The van der Waals surface area contributed by atoms with Crippen LogP contribution in [-0.4, -0.2) is 38.6 Å². The van der Waals surface area contributed by atoms with Crippen LogP contribution in [0.15, 0.2) is 12.5 Å². The molecule has 2 heterocycles. The minimum Gasteiger partial charge on any atom is -0.481 e. The summed E-state index contributed by atoms with van der Waals surface area (Å²) in [5.74, 6) is -0.785. The highest BCUT2D eigenvalue weighted by Gasteiger charge is 2.28. The lowest BCUT2D eigenvalue weighted by molar-refractivity contribution is -0.143. The Labute approximate surface area is 106 Å². The number of rotatable bonds is 4. The molecule has 2 fully saturated rings. The molecule has 1 saturated carbocycles. The van der Waals surface area contributed by atoms with Gasteiger partial charge in [-0.3, -0.25) is 9.69 Å². The first-order valence-corrected chi connectivity index (χ1v) is 6.70. The Bertz CT molecular complexity index is 431. The van der Waals surface area contributed by atoms with Crippen LogP contribution in [0.1, 0.15) is 37.4 Å². The lowest BCUT2D eigenvalue weighted by Crippen LogP contribution is -2.36. The van der Waals surface area contributed by atoms with E-state index in [1.54, 1.807) is 0 Å². The number of piperidine rings is 1. The predicted molar refractivity (Wildman–Crippen MR) is 66.1 cm³/mol. The molecular formula is C13H19N3O2. The number of carboxylic acid groups (broad SMARTS) is 1. The van der Waals surface area contributed by atoms with E-state index in [9.17, 15) is 4.79 Å². The van der Waals surface area contributed by atoms with Crippen molar-refractivity contribution in [1.82, 2.24) is 14.5 Å². The van der Waals surface area contributed by atoms with Crippen LogP contribution in [0.25, 0.3) is 0 Å². The van der Waals surface area contributed by atoms with Crippen molar-refractivity contribution < 1.29 is 9.90 Å². The molecular weight excluding hydrogens is 230 g/mol. The maximum Gasteiger partial charge on any atom is 0.306 e. The fraction of sp³-hybridized carbons (Fsp3) is 0.692. The van der Waals surface area contributed by atoms with Crippen LogP contribution in [0.3, 0.4) is 0 Å². The van der Waals surface area contributed by atoms with E-state index in [-0.39, 0.29) is 5.92 Å². The Morgan fingerprint density at radius 2 is 2.06 bits per heavy atom. The summed E-state index contributed by atoms with van der Waals surface area (Å²) in [6.45, 7) is 2.67. The van der Waals surface area contributed by atoms with Gasteiger partial charge in [-0.15, -0.1) is 0 Å². The van der Waals surface area contributed by atoms with Crippen LogP contribution < -0.4 is 0 Å². The highest BCUT2D eigenvalue weighted by Crippen LogP contribution is 2.36. The van der Waals surface area contributed by atoms with E-state index in [2.05, 4.69) is 14.5 Å². The standard InChI is InChI=1S/C13H19N3O2/c17-13(18)10-3-5-15(6-4-10)8-12-7-14-9-16(12)11-1-2-11/h7,9-11H,1-6,8H2,(H,17,18). The van der Waals surface area contributed by atoms with Crippen LogP contribution in [0.2, 0.25) is 0 Å². The van der Waals surface area contributed by atoms with Crippen LogP contribution in [0, 0.1) is 5.92 Å². The molecule has 1 aromatic heterocycles. The quantitative estimate of drug-likeness (QED) is 0.879. The first-order valence-electron chi connectivity index (χ1n) is 6.70. The van der Waals surface area contributed by atoms with Crippen LogP contribution in [0.4, 0.5) is 0 Å². The molecule has 5 nitrogen and oxygen atoms in total. The third-order valence-electron chi connectivity index (χ3n) is 4.01. The fourth-order valence-corrected chi connectivity index (χ4v) is 2.70. The zero-order chi connectivity index (χ0) is 12.5. The molecule has 1 aliphatic carbocycles. The number of carbonyl (C=O) groups is 1. The Morgan fingerprint density at radius 3 is 2.67 bits per heavy atom. The van der Waals surface area contributed by atoms with Crippen molar-refractivity contribution >= 4 is 5.97 Å². The summed E-state index contributed by atoms with van der Waals surface area (Å²) in [6, 6.07) is 0.666. The third kappa shape index (κ3) is 2.41. The van der Waals surface area contributed by atoms with Gasteiger partial charge in [-0.1, -0.05) is 0 Å². The summed E-state index contributed by atoms with van der Waals surface area (Å²) >= 11 is 0.